The molecule has 0 saturated carbocycles. The number of carbonyl (C=O) groups is 1. The van der Waals surface area contributed by atoms with Gasteiger partial charge in [0.15, 0.2) is 6.29 Å². The lowest BCUT2D eigenvalue weighted by Gasteiger charge is -2.36. The van der Waals surface area contributed by atoms with Crippen LogP contribution in [0.5, 0.6) is 5.75 Å². The second-order valence-corrected chi connectivity index (χ2v) is 8.54. The third-order valence-electron chi connectivity index (χ3n) is 5.65. The van der Waals surface area contributed by atoms with Crippen LogP contribution in [0, 0.1) is 10.1 Å². The quantitative estimate of drug-likeness (QED) is 0.210. The summed E-state index contributed by atoms with van der Waals surface area (Å²) < 4.78 is 6.99. The maximum atomic E-state index is 11.0. The van der Waals surface area contributed by atoms with Crippen molar-refractivity contribution in [3.63, 3.8) is 0 Å². The molecule has 31 heavy (non-hydrogen) atoms. The zero-order valence-electron chi connectivity index (χ0n) is 17.2. The molecule has 2 aromatic carbocycles. The molecule has 0 aliphatic carbocycles. The second kappa shape index (κ2) is 9.89. The van der Waals surface area contributed by atoms with Crippen LogP contribution in [-0.2, 0) is 0 Å². The highest BCUT2D eigenvalue weighted by atomic mass is 32.1. The Morgan fingerprint density at radius 1 is 1.10 bits per heavy atom. The van der Waals surface area contributed by atoms with E-state index in [1.54, 1.807) is 17.4 Å². The van der Waals surface area contributed by atoms with Crippen molar-refractivity contribution in [2.24, 2.45) is 0 Å². The number of nitro groups is 1. The molecular formula is C23H25N3O4S. The number of nitro benzene ring substituents is 1. The van der Waals surface area contributed by atoms with Crippen LogP contribution in [0.4, 0.5) is 11.4 Å². The highest BCUT2D eigenvalue weighted by Crippen LogP contribution is 2.31. The first-order chi connectivity index (χ1) is 15.2. The standard InChI is InChI=1S/C23H25N3O4S/c27-17-18-6-7-19(16-22(18)26(28)29)30-14-2-1-9-24-10-12-25(13-11-24)21-4-3-5-23-20(21)8-15-31-23/h3-8,15-17H,1-2,9-14H2. The van der Waals surface area contributed by atoms with Crippen molar-refractivity contribution in [1.29, 1.82) is 0 Å². The van der Waals surface area contributed by atoms with Gasteiger partial charge in [-0.2, -0.15) is 0 Å². The summed E-state index contributed by atoms with van der Waals surface area (Å²) >= 11 is 1.79. The Kier molecular flexibility index (Phi) is 6.79. The number of unbranched alkanes of at least 4 members (excludes halogenated alkanes) is 1. The summed E-state index contributed by atoms with van der Waals surface area (Å²) in [4.78, 5) is 26.3. The summed E-state index contributed by atoms with van der Waals surface area (Å²) in [5.74, 6) is 0.425. The molecule has 3 aromatic rings. The Labute approximate surface area is 185 Å². The fourth-order valence-electron chi connectivity index (χ4n) is 3.96. The molecule has 8 heteroatoms. The van der Waals surface area contributed by atoms with Crippen molar-refractivity contribution in [2.45, 2.75) is 12.8 Å². The molecule has 0 atom stereocenters. The SMILES string of the molecule is O=Cc1ccc(OCCCCN2CCN(c3cccc4sccc34)CC2)cc1[N+](=O)[O-]. The first kappa shape index (κ1) is 21.3. The lowest BCUT2D eigenvalue weighted by Crippen LogP contribution is -2.46. The van der Waals surface area contributed by atoms with E-state index in [0.717, 1.165) is 45.6 Å². The Morgan fingerprint density at radius 2 is 1.94 bits per heavy atom. The van der Waals surface area contributed by atoms with Crippen LogP contribution in [0.15, 0.2) is 47.8 Å². The van der Waals surface area contributed by atoms with Gasteiger partial charge in [-0.05, 0) is 55.1 Å². The highest BCUT2D eigenvalue weighted by Gasteiger charge is 2.18. The van der Waals surface area contributed by atoms with Gasteiger partial charge in [-0.15, -0.1) is 11.3 Å². The lowest BCUT2D eigenvalue weighted by atomic mass is 10.2. The third-order valence-corrected chi connectivity index (χ3v) is 6.53. The van der Waals surface area contributed by atoms with E-state index >= 15 is 0 Å². The van der Waals surface area contributed by atoms with Crippen LogP contribution in [-0.4, -0.2) is 55.4 Å². The lowest BCUT2D eigenvalue weighted by molar-refractivity contribution is -0.385. The minimum Gasteiger partial charge on any atom is -0.493 e. The van der Waals surface area contributed by atoms with Gasteiger partial charge in [-0.1, -0.05) is 6.07 Å². The summed E-state index contributed by atoms with van der Waals surface area (Å²) in [5.41, 5.74) is 1.18. The molecule has 0 unspecified atom stereocenters. The number of aldehydes is 1. The van der Waals surface area contributed by atoms with Gasteiger partial charge in [0.25, 0.3) is 5.69 Å². The van der Waals surface area contributed by atoms with Gasteiger partial charge >= 0.3 is 0 Å². The van der Waals surface area contributed by atoms with Crippen molar-refractivity contribution in [3.8, 4) is 5.75 Å². The van der Waals surface area contributed by atoms with Crippen LogP contribution in [0.25, 0.3) is 10.1 Å². The number of thiophene rings is 1. The number of nitrogens with zero attached hydrogens (tertiary/aromatic N) is 3. The number of hydrogen-bond acceptors (Lipinski definition) is 7. The first-order valence-corrected chi connectivity index (χ1v) is 11.3. The Balaban J connectivity index is 1.19. The van der Waals surface area contributed by atoms with E-state index < -0.39 is 4.92 Å². The summed E-state index contributed by atoms with van der Waals surface area (Å²) in [6.45, 7) is 5.65. The summed E-state index contributed by atoms with van der Waals surface area (Å²) in [5, 5.41) is 14.5. The Morgan fingerprint density at radius 3 is 2.71 bits per heavy atom. The fourth-order valence-corrected chi connectivity index (χ4v) is 4.77. The molecule has 1 aliphatic heterocycles. The van der Waals surface area contributed by atoms with Gasteiger partial charge in [0, 0.05) is 42.0 Å². The van der Waals surface area contributed by atoms with Crippen molar-refractivity contribution < 1.29 is 14.5 Å². The van der Waals surface area contributed by atoms with E-state index in [2.05, 4.69) is 39.4 Å². The van der Waals surface area contributed by atoms with Crippen LogP contribution < -0.4 is 9.64 Å². The first-order valence-electron chi connectivity index (χ1n) is 10.5. The van der Waals surface area contributed by atoms with Gasteiger partial charge in [0.2, 0.25) is 0 Å². The smallest absolute Gasteiger partial charge is 0.283 e. The average Bonchev–Trinajstić information content (AvgIpc) is 3.28. The average molecular weight is 440 g/mol. The number of rotatable bonds is 9. The van der Waals surface area contributed by atoms with E-state index in [1.807, 2.05) is 0 Å². The Bertz CT molecular complexity index is 1060. The number of ether oxygens (including phenoxy) is 1. The van der Waals surface area contributed by atoms with Crippen molar-refractivity contribution in [2.75, 3.05) is 44.2 Å². The van der Waals surface area contributed by atoms with E-state index in [0.29, 0.717) is 18.6 Å². The fraction of sp³-hybridized carbons (Fsp3) is 0.348. The second-order valence-electron chi connectivity index (χ2n) is 7.59. The molecule has 0 spiro atoms. The van der Waals surface area contributed by atoms with E-state index in [-0.39, 0.29) is 11.3 Å². The van der Waals surface area contributed by atoms with E-state index in [4.69, 9.17) is 4.74 Å². The van der Waals surface area contributed by atoms with Gasteiger partial charge in [0.1, 0.15) is 5.75 Å². The molecule has 1 aliphatic rings. The topological polar surface area (TPSA) is 75.9 Å². The van der Waals surface area contributed by atoms with Gasteiger partial charge in [0.05, 0.1) is 23.2 Å². The monoisotopic (exact) mass is 439 g/mol. The number of piperazine rings is 1. The molecule has 7 nitrogen and oxygen atoms in total. The van der Waals surface area contributed by atoms with Gasteiger partial charge in [-0.25, -0.2) is 0 Å². The molecule has 0 N–H and O–H groups in total. The molecule has 0 radical (unpaired) electrons. The third kappa shape index (κ3) is 5.03. The normalized spacial score (nSPS) is 14.6. The van der Waals surface area contributed by atoms with Crippen molar-refractivity contribution in [1.82, 2.24) is 4.90 Å². The van der Waals surface area contributed by atoms with Crippen LogP contribution in [0.1, 0.15) is 23.2 Å². The number of carbonyl (C=O) groups excluding carboxylic acids is 1. The maximum Gasteiger partial charge on any atom is 0.283 e. The summed E-state index contributed by atoms with van der Waals surface area (Å²) in [6, 6.07) is 13.1. The number of anilines is 1. The molecule has 0 amide bonds. The van der Waals surface area contributed by atoms with Crippen LogP contribution in [0.3, 0.4) is 0 Å². The summed E-state index contributed by atoms with van der Waals surface area (Å²) in [7, 11) is 0. The molecule has 1 fully saturated rings. The molecule has 1 saturated heterocycles. The van der Waals surface area contributed by atoms with E-state index in [9.17, 15) is 14.9 Å². The molecule has 162 valence electrons. The molecule has 4 rings (SSSR count). The summed E-state index contributed by atoms with van der Waals surface area (Å²) in [6.07, 6.45) is 2.37. The van der Waals surface area contributed by atoms with Crippen LogP contribution in [0.2, 0.25) is 0 Å². The van der Waals surface area contributed by atoms with Crippen LogP contribution >= 0.6 is 11.3 Å². The minimum absolute atomic E-state index is 0.0618. The number of benzene rings is 2. The predicted molar refractivity (Wildman–Crippen MR) is 124 cm³/mol. The predicted octanol–water partition coefficient (Wildman–Crippen LogP) is 4.60. The molecule has 2 heterocycles. The molecule has 0 bridgehead atoms. The molecule has 1 aromatic heterocycles. The largest absolute Gasteiger partial charge is 0.493 e. The van der Waals surface area contributed by atoms with Gasteiger partial charge < -0.3 is 9.64 Å². The zero-order valence-corrected chi connectivity index (χ0v) is 18.1. The van der Waals surface area contributed by atoms with E-state index in [1.165, 1.54) is 27.9 Å². The number of hydrogen-bond donors (Lipinski definition) is 0. The van der Waals surface area contributed by atoms with Gasteiger partial charge in [-0.3, -0.25) is 19.8 Å². The van der Waals surface area contributed by atoms with Crippen molar-refractivity contribution in [3.05, 3.63) is 63.5 Å². The van der Waals surface area contributed by atoms with Crippen molar-refractivity contribution >= 4 is 39.1 Å². The molecular weight excluding hydrogens is 414 g/mol. The Hall–Kier alpha value is -2.97. The zero-order chi connectivity index (χ0) is 21.6. The maximum absolute atomic E-state index is 11.0. The highest BCUT2D eigenvalue weighted by molar-refractivity contribution is 7.17. The number of fused-ring (bicyclic) bond motifs is 1. The minimum atomic E-state index is -0.560.